The molecule has 18 heteroatoms. The molecule has 0 bridgehead atoms. The summed E-state index contributed by atoms with van der Waals surface area (Å²) in [5.41, 5.74) is -0.00828. The molecule has 3 heterocycles. The maximum Gasteiger partial charge on any atom is 0.408 e. The van der Waals surface area contributed by atoms with Crippen LogP contribution in [0.1, 0.15) is 118 Å². The molecule has 1 spiro atoms. The number of benzene rings is 2. The Morgan fingerprint density at radius 2 is 1.21 bits per heavy atom. The molecule has 72 heavy (non-hydrogen) atoms. The molecule has 0 aromatic heterocycles. The van der Waals surface area contributed by atoms with Crippen molar-refractivity contribution in [2.45, 2.75) is 148 Å². The summed E-state index contributed by atoms with van der Waals surface area (Å²) in [6, 6.07) is 16.4. The van der Waals surface area contributed by atoms with E-state index in [0.29, 0.717) is 71.2 Å². The number of likely N-dealkylation sites (tertiary alicyclic amines) is 3. The van der Waals surface area contributed by atoms with E-state index in [4.69, 9.17) is 9.47 Å². The zero-order valence-electron chi connectivity index (χ0n) is 44.0. The van der Waals surface area contributed by atoms with E-state index < -0.39 is 68.3 Å². The van der Waals surface area contributed by atoms with Gasteiger partial charge >= 0.3 is 18.2 Å². The van der Waals surface area contributed by atoms with Gasteiger partial charge in [-0.1, -0.05) is 80.9 Å². The molecule has 0 aliphatic carbocycles. The van der Waals surface area contributed by atoms with Crippen LogP contribution < -0.4 is 16.0 Å². The van der Waals surface area contributed by atoms with E-state index in [0.717, 1.165) is 11.1 Å². The van der Waals surface area contributed by atoms with E-state index in [1.54, 1.807) is 56.2 Å². The highest BCUT2D eigenvalue weighted by molar-refractivity contribution is 7.91. The topological polar surface area (TPSA) is 218 Å². The number of sulfone groups is 1. The average Bonchev–Trinajstić information content (AvgIpc) is 3.25. The van der Waals surface area contributed by atoms with Crippen molar-refractivity contribution in [2.75, 3.05) is 52.1 Å². The summed E-state index contributed by atoms with van der Waals surface area (Å²) in [7, 11) is -3.21. The van der Waals surface area contributed by atoms with Gasteiger partial charge in [-0.25, -0.2) is 22.8 Å². The maximum absolute atomic E-state index is 14.6. The number of urea groups is 1. The first-order chi connectivity index (χ1) is 33.7. The van der Waals surface area contributed by atoms with Crippen LogP contribution >= 0.6 is 0 Å². The molecule has 2 aromatic carbocycles. The van der Waals surface area contributed by atoms with Gasteiger partial charge in [0.2, 0.25) is 11.8 Å². The lowest BCUT2D eigenvalue weighted by atomic mass is 9.72. The van der Waals surface area contributed by atoms with Crippen molar-refractivity contribution in [3.63, 3.8) is 0 Å². The second kappa shape index (κ2) is 24.9. The van der Waals surface area contributed by atoms with E-state index in [1.807, 2.05) is 74.5 Å². The zero-order chi connectivity index (χ0) is 53.0. The van der Waals surface area contributed by atoms with Crippen molar-refractivity contribution in [2.24, 2.45) is 23.2 Å². The fourth-order valence-electron chi connectivity index (χ4n) is 9.58. The quantitative estimate of drug-likeness (QED) is 0.108. The number of amides is 6. The predicted molar refractivity (Wildman–Crippen MR) is 275 cm³/mol. The number of hydrogen-bond donors (Lipinski definition) is 3. The van der Waals surface area contributed by atoms with Crippen LogP contribution in [0.15, 0.2) is 60.7 Å². The van der Waals surface area contributed by atoms with Crippen molar-refractivity contribution >= 4 is 51.4 Å². The first kappa shape index (κ1) is 57.4. The number of Topliss-reactive ketones (excluding diaryl/α,β-unsaturated/α-hetero) is 2. The molecule has 0 saturated carbocycles. The lowest BCUT2D eigenvalue weighted by Gasteiger charge is -2.55. The Morgan fingerprint density at radius 3 is 1.75 bits per heavy atom. The molecular formula is C54H80N6O11S. The molecule has 17 nitrogen and oxygen atoms in total. The van der Waals surface area contributed by atoms with Gasteiger partial charge in [-0.2, -0.15) is 0 Å². The summed E-state index contributed by atoms with van der Waals surface area (Å²) in [4.78, 5) is 102. The minimum atomic E-state index is -3.21. The summed E-state index contributed by atoms with van der Waals surface area (Å²) < 4.78 is 34.7. The summed E-state index contributed by atoms with van der Waals surface area (Å²) in [6.45, 7) is 17.1. The van der Waals surface area contributed by atoms with Crippen molar-refractivity contribution in [1.82, 2.24) is 30.7 Å². The van der Waals surface area contributed by atoms with Crippen LogP contribution in [0.25, 0.3) is 0 Å². The lowest BCUT2D eigenvalue weighted by molar-refractivity contribution is -0.143. The van der Waals surface area contributed by atoms with Crippen molar-refractivity contribution in [1.29, 1.82) is 0 Å². The molecule has 2 aromatic rings. The molecule has 3 saturated heterocycles. The number of rotatable bonds is 22. The Labute approximate surface area is 427 Å². The SMILES string of the molecule is CC(C)C[C@@H](NC(=O)[C@H](CC(=O)[C@@H](Cc1ccccc1)NC(=O)OC(C)(C)C)Cc1ccccc1)C(=O)C[C@H](CCCCNC(=O)OC(C)(C)C)C(=O)N1CCC2(CC1)CN(C(=O)N1CC(S(C)(=O)=O)C1)C2. The van der Waals surface area contributed by atoms with Crippen molar-refractivity contribution < 1.29 is 51.5 Å². The van der Waals surface area contributed by atoms with Gasteiger partial charge < -0.3 is 40.1 Å². The molecule has 3 fully saturated rings. The van der Waals surface area contributed by atoms with Crippen LogP contribution in [0.2, 0.25) is 0 Å². The zero-order valence-corrected chi connectivity index (χ0v) is 44.8. The molecule has 3 aliphatic heterocycles. The van der Waals surface area contributed by atoms with Gasteiger partial charge in [-0.05, 0) is 104 Å². The van der Waals surface area contributed by atoms with Gasteiger partial charge in [-0.15, -0.1) is 0 Å². The van der Waals surface area contributed by atoms with E-state index >= 15 is 0 Å². The summed E-state index contributed by atoms with van der Waals surface area (Å²) in [5.74, 6) is -2.98. The van der Waals surface area contributed by atoms with Crippen molar-refractivity contribution in [3.8, 4) is 0 Å². The van der Waals surface area contributed by atoms with Crippen LogP contribution in [-0.4, -0.2) is 145 Å². The summed E-state index contributed by atoms with van der Waals surface area (Å²) in [5, 5.41) is 8.01. The van der Waals surface area contributed by atoms with Crippen LogP contribution in [0.5, 0.6) is 0 Å². The third-order valence-electron chi connectivity index (χ3n) is 13.5. The smallest absolute Gasteiger partial charge is 0.408 e. The van der Waals surface area contributed by atoms with Crippen LogP contribution in [0.4, 0.5) is 14.4 Å². The minimum Gasteiger partial charge on any atom is -0.444 e. The normalized spacial score (nSPS) is 17.7. The molecule has 3 aliphatic rings. The molecule has 398 valence electrons. The number of carbonyl (C=O) groups excluding carboxylic acids is 7. The van der Waals surface area contributed by atoms with Gasteiger partial charge in [0, 0.05) is 82.2 Å². The van der Waals surface area contributed by atoms with Gasteiger partial charge in [-0.3, -0.25) is 19.2 Å². The van der Waals surface area contributed by atoms with Crippen LogP contribution in [-0.2, 0) is 51.3 Å². The number of carbonyl (C=O) groups is 7. The number of alkyl carbamates (subject to hydrolysis) is 2. The Hall–Kier alpha value is -5.52. The fraction of sp³-hybridized carbons (Fsp3) is 0.648. The number of ether oxygens (including phenoxy) is 2. The van der Waals surface area contributed by atoms with Gasteiger partial charge in [0.1, 0.15) is 11.2 Å². The Kier molecular flexibility index (Phi) is 19.9. The third kappa shape index (κ3) is 17.9. The van der Waals surface area contributed by atoms with Gasteiger partial charge in [0.05, 0.1) is 17.3 Å². The Bertz CT molecular complexity index is 2290. The van der Waals surface area contributed by atoms with E-state index in [9.17, 15) is 42.0 Å². The summed E-state index contributed by atoms with van der Waals surface area (Å²) in [6.07, 6.45) is 2.92. The second-order valence-corrected chi connectivity index (χ2v) is 25.1. The number of ketones is 2. The monoisotopic (exact) mass is 1020 g/mol. The second-order valence-electron chi connectivity index (χ2n) is 22.7. The molecule has 0 unspecified atom stereocenters. The largest absolute Gasteiger partial charge is 0.444 e. The van der Waals surface area contributed by atoms with Crippen LogP contribution in [0.3, 0.4) is 0 Å². The first-order valence-corrected chi connectivity index (χ1v) is 27.6. The number of nitrogens with one attached hydrogen (secondary N) is 3. The highest BCUT2D eigenvalue weighted by Crippen LogP contribution is 2.42. The molecule has 4 atom stereocenters. The third-order valence-corrected chi connectivity index (χ3v) is 15.1. The molecule has 0 radical (unpaired) electrons. The number of hydrogen-bond acceptors (Lipinski definition) is 11. The van der Waals surface area contributed by atoms with Crippen LogP contribution in [0, 0.1) is 23.2 Å². The first-order valence-electron chi connectivity index (χ1n) is 25.6. The predicted octanol–water partition coefficient (Wildman–Crippen LogP) is 6.52. The van der Waals surface area contributed by atoms with E-state index in [-0.39, 0.29) is 73.6 Å². The molecule has 5 rings (SSSR count). The lowest BCUT2D eigenvalue weighted by Crippen LogP contribution is -2.68. The highest BCUT2D eigenvalue weighted by Gasteiger charge is 2.50. The van der Waals surface area contributed by atoms with Crippen molar-refractivity contribution in [3.05, 3.63) is 71.8 Å². The minimum absolute atomic E-state index is 0.0239. The summed E-state index contributed by atoms with van der Waals surface area (Å²) >= 11 is 0. The van der Waals surface area contributed by atoms with E-state index in [1.165, 1.54) is 6.26 Å². The maximum atomic E-state index is 14.6. The van der Waals surface area contributed by atoms with Gasteiger partial charge in [0.25, 0.3) is 0 Å². The van der Waals surface area contributed by atoms with Gasteiger partial charge in [0.15, 0.2) is 21.4 Å². The standard InChI is InChI=1S/C54H80N6O11S/c1-37(2)28-43(56-47(63)41(29-38-18-12-10-13-19-38)32-46(62)44(30-39-20-14-11-15-21-39)57-50(66)71-53(6,7)8)45(61)31-40(22-16-17-25-55-49(65)70-52(3,4)5)48(64)58-26-23-54(24-27-58)35-60(36-54)51(67)59-33-42(34-59)72(9,68)69/h10-15,18-21,37,40-44H,16-17,22-36H2,1-9H3,(H,55,65)(H,56,63)(H,57,66)/t40-,41-,43+,44+/m0/s1. The molecule has 6 amide bonds. The Balaban J connectivity index is 1.29. The number of nitrogens with zero attached hydrogens (tertiary/aromatic N) is 3. The average molecular weight is 1020 g/mol. The molecular weight excluding hydrogens is 941 g/mol. The molecule has 3 N–H and O–H groups in total. The number of unbranched alkanes of at least 4 members (excludes halogenated alkanes) is 1. The Morgan fingerprint density at radius 1 is 0.681 bits per heavy atom. The fourth-order valence-corrected chi connectivity index (χ4v) is 10.5. The number of piperidine rings is 1. The highest BCUT2D eigenvalue weighted by atomic mass is 32.2. The van der Waals surface area contributed by atoms with E-state index in [2.05, 4.69) is 16.0 Å².